The fourth-order valence-corrected chi connectivity index (χ4v) is 3.54. The number of carbonyl (C=O) groups excluding carboxylic acids is 2. The van der Waals surface area contributed by atoms with Gasteiger partial charge in [0, 0.05) is 26.1 Å². The molecule has 2 fully saturated rings. The molecule has 0 aromatic heterocycles. The monoisotopic (exact) mass is 300 g/mol. The maximum Gasteiger partial charge on any atom is 0.225 e. The topological polar surface area (TPSA) is 49.4 Å². The average molecular weight is 300 g/mol. The van der Waals surface area contributed by atoms with Crippen molar-refractivity contribution in [2.45, 2.75) is 38.6 Å². The van der Waals surface area contributed by atoms with Crippen molar-refractivity contribution < 1.29 is 9.59 Å². The van der Waals surface area contributed by atoms with E-state index >= 15 is 0 Å². The maximum atomic E-state index is 12.3. The number of aryl methyl sites for hydroxylation is 1. The number of rotatable bonds is 4. The van der Waals surface area contributed by atoms with E-state index in [9.17, 15) is 9.59 Å². The predicted molar refractivity (Wildman–Crippen MR) is 85.4 cm³/mol. The summed E-state index contributed by atoms with van der Waals surface area (Å²) in [5.41, 5.74) is 2.66. The first-order valence-corrected chi connectivity index (χ1v) is 8.06. The molecule has 4 nitrogen and oxygen atoms in total. The van der Waals surface area contributed by atoms with Crippen LogP contribution in [0.5, 0.6) is 0 Å². The summed E-state index contributed by atoms with van der Waals surface area (Å²) in [6.07, 6.45) is 1.48. The number of hydrogen-bond donors (Lipinski definition) is 1. The lowest BCUT2D eigenvalue weighted by molar-refractivity contribution is -0.128. The second-order valence-corrected chi connectivity index (χ2v) is 6.89. The van der Waals surface area contributed by atoms with Crippen molar-refractivity contribution in [1.82, 2.24) is 10.2 Å². The van der Waals surface area contributed by atoms with Crippen molar-refractivity contribution in [2.75, 3.05) is 13.6 Å². The highest BCUT2D eigenvalue weighted by atomic mass is 16.2. The van der Waals surface area contributed by atoms with Crippen molar-refractivity contribution in [3.63, 3.8) is 0 Å². The van der Waals surface area contributed by atoms with E-state index in [2.05, 4.69) is 43.4 Å². The van der Waals surface area contributed by atoms with Gasteiger partial charge in [0.1, 0.15) is 0 Å². The Bertz CT molecular complexity index is 599. The third-order valence-corrected chi connectivity index (χ3v) is 5.03. The van der Waals surface area contributed by atoms with E-state index in [1.54, 1.807) is 11.9 Å². The van der Waals surface area contributed by atoms with Gasteiger partial charge in [-0.1, -0.05) is 29.8 Å². The summed E-state index contributed by atoms with van der Waals surface area (Å²) in [5.74, 6) is 0.983. The van der Waals surface area contributed by atoms with Gasteiger partial charge < -0.3 is 10.2 Å². The Hall–Kier alpha value is -1.84. The Balaban J connectivity index is 1.54. The minimum absolute atomic E-state index is 0.0279. The summed E-state index contributed by atoms with van der Waals surface area (Å²) >= 11 is 0. The molecule has 4 heteroatoms. The second-order valence-electron chi connectivity index (χ2n) is 6.89. The zero-order valence-corrected chi connectivity index (χ0v) is 13.5. The molecular formula is C18H24N2O2. The third-order valence-electron chi connectivity index (χ3n) is 5.03. The molecular weight excluding hydrogens is 276 g/mol. The smallest absolute Gasteiger partial charge is 0.225 e. The van der Waals surface area contributed by atoms with Crippen LogP contribution in [0, 0.1) is 18.8 Å². The van der Waals surface area contributed by atoms with Crippen LogP contribution in [0.15, 0.2) is 24.3 Å². The number of amides is 2. The molecule has 22 heavy (non-hydrogen) atoms. The highest BCUT2D eigenvalue weighted by Crippen LogP contribution is 2.49. The van der Waals surface area contributed by atoms with E-state index < -0.39 is 0 Å². The molecule has 1 saturated carbocycles. The van der Waals surface area contributed by atoms with E-state index in [1.165, 1.54) is 11.1 Å². The van der Waals surface area contributed by atoms with Gasteiger partial charge in [-0.3, -0.25) is 9.59 Å². The zero-order valence-electron chi connectivity index (χ0n) is 13.5. The number of likely N-dealkylation sites (tertiary alicyclic amines) is 1. The van der Waals surface area contributed by atoms with Gasteiger partial charge in [-0.2, -0.15) is 0 Å². The van der Waals surface area contributed by atoms with Crippen LogP contribution in [0.2, 0.25) is 0 Å². The van der Waals surface area contributed by atoms with Gasteiger partial charge in [0.2, 0.25) is 11.8 Å². The first-order chi connectivity index (χ1) is 10.5. The summed E-state index contributed by atoms with van der Waals surface area (Å²) in [6.45, 7) is 4.74. The molecule has 1 saturated heterocycles. The highest BCUT2D eigenvalue weighted by Gasteiger charge is 2.43. The molecule has 0 spiro atoms. The zero-order chi connectivity index (χ0) is 15.9. The number of nitrogens with one attached hydrogen (secondary N) is 1. The molecule has 2 aliphatic rings. The molecule has 1 heterocycles. The Labute approximate surface area is 131 Å². The molecule has 1 aliphatic carbocycles. The maximum absolute atomic E-state index is 12.3. The standard InChI is InChI=1S/C18H24N2O2/c1-11-5-4-6-13(7-11)16-9-15(16)12(2)19-18(22)14-8-17(21)20(3)10-14/h4-7,12,14-16H,8-10H2,1-3H3,(H,19,22)/t12-,14-,15+,16-/m0/s1. The molecule has 4 atom stereocenters. The fourth-order valence-electron chi connectivity index (χ4n) is 3.54. The van der Waals surface area contributed by atoms with Gasteiger partial charge in [-0.15, -0.1) is 0 Å². The Morgan fingerprint density at radius 3 is 2.82 bits per heavy atom. The Kier molecular flexibility index (Phi) is 3.94. The van der Waals surface area contributed by atoms with E-state index in [4.69, 9.17) is 0 Å². The minimum atomic E-state index is -0.184. The van der Waals surface area contributed by atoms with Crippen molar-refractivity contribution in [2.24, 2.45) is 11.8 Å². The third kappa shape index (κ3) is 3.01. The van der Waals surface area contributed by atoms with Gasteiger partial charge >= 0.3 is 0 Å². The van der Waals surface area contributed by atoms with Gasteiger partial charge in [0.25, 0.3) is 0 Å². The van der Waals surface area contributed by atoms with Crippen LogP contribution in [-0.2, 0) is 9.59 Å². The first kappa shape index (κ1) is 15.1. The minimum Gasteiger partial charge on any atom is -0.353 e. The number of nitrogens with zero attached hydrogens (tertiary/aromatic N) is 1. The van der Waals surface area contributed by atoms with Gasteiger partial charge in [0.05, 0.1) is 5.92 Å². The summed E-state index contributed by atoms with van der Waals surface area (Å²) in [7, 11) is 1.76. The molecule has 1 N–H and O–H groups in total. The Morgan fingerprint density at radius 2 is 2.18 bits per heavy atom. The normalized spacial score (nSPS) is 28.6. The van der Waals surface area contributed by atoms with Crippen LogP contribution in [0.1, 0.15) is 36.8 Å². The van der Waals surface area contributed by atoms with Crippen LogP contribution in [0.25, 0.3) is 0 Å². The largest absolute Gasteiger partial charge is 0.353 e. The van der Waals surface area contributed by atoms with Crippen molar-refractivity contribution in [3.05, 3.63) is 35.4 Å². The lowest BCUT2D eigenvalue weighted by atomic mass is 10.0. The molecule has 1 aromatic rings. The van der Waals surface area contributed by atoms with Gasteiger partial charge in [0.15, 0.2) is 0 Å². The molecule has 0 bridgehead atoms. The molecule has 2 amide bonds. The van der Waals surface area contributed by atoms with Crippen molar-refractivity contribution >= 4 is 11.8 Å². The number of hydrogen-bond acceptors (Lipinski definition) is 2. The predicted octanol–water partition coefficient (Wildman–Crippen LogP) is 2.08. The SMILES string of the molecule is Cc1cccc([C@@H]2C[C@@H]2[C@H](C)NC(=O)[C@H]2CC(=O)N(C)C2)c1. The van der Waals surface area contributed by atoms with Crippen LogP contribution in [0.3, 0.4) is 0 Å². The lowest BCUT2D eigenvalue weighted by Gasteiger charge is -2.17. The second kappa shape index (κ2) is 5.75. The Morgan fingerprint density at radius 1 is 1.41 bits per heavy atom. The number of benzene rings is 1. The summed E-state index contributed by atoms with van der Waals surface area (Å²) in [6, 6.07) is 8.79. The van der Waals surface area contributed by atoms with E-state index in [0.29, 0.717) is 24.8 Å². The summed E-state index contributed by atoms with van der Waals surface area (Å²) in [4.78, 5) is 25.5. The molecule has 1 aromatic carbocycles. The lowest BCUT2D eigenvalue weighted by Crippen LogP contribution is -2.39. The van der Waals surface area contributed by atoms with Crippen LogP contribution >= 0.6 is 0 Å². The van der Waals surface area contributed by atoms with Crippen molar-refractivity contribution in [1.29, 1.82) is 0 Å². The quantitative estimate of drug-likeness (QED) is 0.925. The molecule has 1 aliphatic heterocycles. The van der Waals surface area contributed by atoms with Crippen LogP contribution < -0.4 is 5.32 Å². The molecule has 3 rings (SSSR count). The first-order valence-electron chi connectivity index (χ1n) is 8.06. The van der Waals surface area contributed by atoms with Crippen molar-refractivity contribution in [3.8, 4) is 0 Å². The van der Waals surface area contributed by atoms with Crippen LogP contribution in [0.4, 0.5) is 0 Å². The number of carbonyl (C=O) groups is 2. The van der Waals surface area contributed by atoms with Gasteiger partial charge in [-0.05, 0) is 37.7 Å². The van der Waals surface area contributed by atoms with E-state index in [1.807, 2.05) is 0 Å². The van der Waals surface area contributed by atoms with E-state index in [0.717, 1.165) is 6.42 Å². The fraction of sp³-hybridized carbons (Fsp3) is 0.556. The average Bonchev–Trinajstić information content (AvgIpc) is 3.20. The molecule has 0 radical (unpaired) electrons. The van der Waals surface area contributed by atoms with Gasteiger partial charge in [-0.25, -0.2) is 0 Å². The highest BCUT2D eigenvalue weighted by molar-refractivity contribution is 5.89. The summed E-state index contributed by atoms with van der Waals surface area (Å²) < 4.78 is 0. The van der Waals surface area contributed by atoms with E-state index in [-0.39, 0.29) is 23.8 Å². The molecule has 118 valence electrons. The van der Waals surface area contributed by atoms with Crippen LogP contribution in [-0.4, -0.2) is 36.3 Å². The summed E-state index contributed by atoms with van der Waals surface area (Å²) in [5, 5.41) is 3.12. The molecule has 0 unspecified atom stereocenters.